The number of aliphatic hydroxyl groups is 3. The van der Waals surface area contributed by atoms with E-state index in [1.165, 1.54) is 5.57 Å². The number of hydrogen-bond acceptors (Lipinski definition) is 4. The van der Waals surface area contributed by atoms with Gasteiger partial charge in [-0.25, -0.2) is 0 Å². The third-order valence-electron chi connectivity index (χ3n) is 6.07. The van der Waals surface area contributed by atoms with Gasteiger partial charge in [-0.1, -0.05) is 36.6 Å². The lowest BCUT2D eigenvalue weighted by Gasteiger charge is -2.18. The van der Waals surface area contributed by atoms with Gasteiger partial charge in [-0.3, -0.25) is 4.79 Å². The van der Waals surface area contributed by atoms with Gasteiger partial charge in [-0.2, -0.15) is 0 Å². The highest BCUT2D eigenvalue weighted by molar-refractivity contribution is 5.66. The maximum Gasteiger partial charge on any atom is 0.303 e. The first-order valence-corrected chi connectivity index (χ1v) is 10.5. The number of aliphatic hydroxyl groups excluding tert-OH is 3. The quantitative estimate of drug-likeness (QED) is 0.325. The van der Waals surface area contributed by atoms with E-state index in [0.717, 1.165) is 44.9 Å². The second kappa shape index (κ2) is 11.0. The SMILES string of the molecule is CC(O)CCCCC(O)C=C[C@H]1[C@@H]2CC(=CCCCC(=O)O)C[C@H]2C[C@@H]1O. The minimum atomic E-state index is -0.741. The van der Waals surface area contributed by atoms with E-state index in [1.807, 2.05) is 12.2 Å². The van der Waals surface area contributed by atoms with Gasteiger partial charge in [0.05, 0.1) is 18.3 Å². The summed E-state index contributed by atoms with van der Waals surface area (Å²) in [6.07, 6.45) is 12.7. The molecule has 2 aliphatic rings. The molecule has 0 saturated heterocycles. The maximum atomic E-state index is 10.6. The molecule has 4 N–H and O–H groups in total. The Hall–Kier alpha value is -1.17. The van der Waals surface area contributed by atoms with Gasteiger partial charge >= 0.3 is 5.97 Å². The van der Waals surface area contributed by atoms with Gasteiger partial charge in [-0.15, -0.1) is 0 Å². The largest absolute Gasteiger partial charge is 0.481 e. The molecule has 27 heavy (non-hydrogen) atoms. The first-order valence-electron chi connectivity index (χ1n) is 10.5. The number of carboxylic acids is 1. The zero-order valence-corrected chi connectivity index (χ0v) is 16.5. The van der Waals surface area contributed by atoms with Gasteiger partial charge in [0.25, 0.3) is 0 Å². The maximum absolute atomic E-state index is 10.6. The van der Waals surface area contributed by atoms with Gasteiger partial charge in [0.1, 0.15) is 0 Å². The summed E-state index contributed by atoms with van der Waals surface area (Å²) in [4.78, 5) is 10.6. The summed E-state index contributed by atoms with van der Waals surface area (Å²) in [6.45, 7) is 1.78. The van der Waals surface area contributed by atoms with E-state index in [0.29, 0.717) is 24.7 Å². The van der Waals surface area contributed by atoms with Gasteiger partial charge in [0.15, 0.2) is 0 Å². The summed E-state index contributed by atoms with van der Waals surface area (Å²) in [5.74, 6) is 0.300. The Morgan fingerprint density at radius 2 is 1.93 bits per heavy atom. The van der Waals surface area contributed by atoms with Gasteiger partial charge < -0.3 is 20.4 Å². The van der Waals surface area contributed by atoms with E-state index >= 15 is 0 Å². The number of hydrogen-bond donors (Lipinski definition) is 4. The Morgan fingerprint density at radius 3 is 2.63 bits per heavy atom. The molecule has 5 heteroatoms. The van der Waals surface area contributed by atoms with Crippen molar-refractivity contribution in [1.82, 2.24) is 0 Å². The second-order valence-electron chi connectivity index (χ2n) is 8.45. The van der Waals surface area contributed by atoms with Crippen LogP contribution in [0.1, 0.15) is 71.1 Å². The van der Waals surface area contributed by atoms with Gasteiger partial charge in [0.2, 0.25) is 0 Å². The molecule has 0 bridgehead atoms. The van der Waals surface area contributed by atoms with Crippen LogP contribution >= 0.6 is 0 Å². The Bertz CT molecular complexity index is 525. The predicted octanol–water partition coefficient (Wildman–Crippen LogP) is 3.43. The van der Waals surface area contributed by atoms with E-state index in [2.05, 4.69) is 6.08 Å². The molecule has 2 saturated carbocycles. The number of unbranched alkanes of at least 4 members (excludes halogenated alkanes) is 2. The van der Waals surface area contributed by atoms with Crippen LogP contribution in [0, 0.1) is 17.8 Å². The molecule has 0 heterocycles. The minimum absolute atomic E-state index is 0.104. The molecule has 2 fully saturated rings. The Labute approximate surface area is 162 Å². The Balaban J connectivity index is 1.78. The normalized spacial score (nSPS) is 31.5. The summed E-state index contributed by atoms with van der Waals surface area (Å²) in [5, 5.41) is 38.5. The zero-order chi connectivity index (χ0) is 19.8. The molecule has 0 aliphatic heterocycles. The average molecular weight is 381 g/mol. The summed E-state index contributed by atoms with van der Waals surface area (Å²) < 4.78 is 0. The number of carboxylic acid groups (broad SMARTS) is 1. The summed E-state index contributed by atoms with van der Waals surface area (Å²) in [6, 6.07) is 0. The van der Waals surface area contributed by atoms with Crippen LogP contribution in [0.4, 0.5) is 0 Å². The monoisotopic (exact) mass is 380 g/mol. The summed E-state index contributed by atoms with van der Waals surface area (Å²) >= 11 is 0. The van der Waals surface area contributed by atoms with Crippen molar-refractivity contribution in [2.24, 2.45) is 17.8 Å². The Kier molecular flexibility index (Phi) is 9.00. The van der Waals surface area contributed by atoms with E-state index in [1.54, 1.807) is 6.92 Å². The van der Waals surface area contributed by atoms with E-state index in [9.17, 15) is 20.1 Å². The fourth-order valence-electron chi connectivity index (χ4n) is 4.65. The van der Waals surface area contributed by atoms with Crippen LogP contribution in [0.5, 0.6) is 0 Å². The molecule has 5 nitrogen and oxygen atoms in total. The van der Waals surface area contributed by atoms with E-state index in [-0.39, 0.29) is 24.5 Å². The van der Waals surface area contributed by atoms with Crippen molar-refractivity contribution in [2.45, 2.75) is 89.4 Å². The van der Waals surface area contributed by atoms with Crippen molar-refractivity contribution in [1.29, 1.82) is 0 Å². The molecule has 2 aliphatic carbocycles. The highest BCUT2D eigenvalue weighted by Crippen LogP contribution is 2.50. The molecule has 0 aromatic carbocycles. The predicted molar refractivity (Wildman–Crippen MR) is 105 cm³/mol. The lowest BCUT2D eigenvalue weighted by Crippen LogP contribution is -2.17. The number of allylic oxidation sites excluding steroid dienone is 2. The van der Waals surface area contributed by atoms with E-state index < -0.39 is 12.1 Å². The van der Waals surface area contributed by atoms with Crippen LogP contribution in [-0.2, 0) is 4.79 Å². The fourth-order valence-corrected chi connectivity index (χ4v) is 4.65. The highest BCUT2D eigenvalue weighted by atomic mass is 16.4. The topological polar surface area (TPSA) is 98.0 Å². The lowest BCUT2D eigenvalue weighted by molar-refractivity contribution is -0.137. The number of rotatable bonds is 11. The van der Waals surface area contributed by atoms with Crippen LogP contribution in [0.25, 0.3) is 0 Å². The third-order valence-corrected chi connectivity index (χ3v) is 6.07. The van der Waals surface area contributed by atoms with E-state index in [4.69, 9.17) is 5.11 Å². The van der Waals surface area contributed by atoms with Gasteiger partial charge in [0, 0.05) is 12.3 Å². The molecular formula is C22H36O5. The molecule has 2 unspecified atom stereocenters. The standard InChI is InChI=1S/C22H36O5/c1-15(23)6-2-4-8-18(24)10-11-19-20-13-16(7-3-5-9-22(26)27)12-17(20)14-21(19)25/h7,10-11,15,17-21,23-25H,2-6,8-9,12-14H2,1H3,(H,26,27)/t15?,17-,18?,19-,20+,21-/m0/s1. The van der Waals surface area contributed by atoms with Crippen LogP contribution in [0.3, 0.4) is 0 Å². The minimum Gasteiger partial charge on any atom is -0.481 e. The average Bonchev–Trinajstić information content (AvgIpc) is 3.10. The van der Waals surface area contributed by atoms with Crippen LogP contribution in [0.2, 0.25) is 0 Å². The van der Waals surface area contributed by atoms with Crippen molar-refractivity contribution < 1.29 is 25.2 Å². The molecule has 0 aromatic rings. The highest BCUT2D eigenvalue weighted by Gasteiger charge is 2.44. The Morgan fingerprint density at radius 1 is 1.19 bits per heavy atom. The molecule has 0 spiro atoms. The lowest BCUT2D eigenvalue weighted by atomic mass is 9.90. The zero-order valence-electron chi connectivity index (χ0n) is 16.5. The van der Waals surface area contributed by atoms with Crippen LogP contribution in [0.15, 0.2) is 23.8 Å². The number of fused-ring (bicyclic) bond motifs is 1. The number of carbonyl (C=O) groups is 1. The van der Waals surface area contributed by atoms with Crippen molar-refractivity contribution >= 4 is 5.97 Å². The second-order valence-corrected chi connectivity index (χ2v) is 8.45. The molecule has 0 amide bonds. The number of aliphatic carboxylic acids is 1. The van der Waals surface area contributed by atoms with Crippen molar-refractivity contribution in [3.8, 4) is 0 Å². The van der Waals surface area contributed by atoms with Crippen molar-refractivity contribution in [3.63, 3.8) is 0 Å². The smallest absolute Gasteiger partial charge is 0.303 e. The van der Waals surface area contributed by atoms with Crippen LogP contribution in [-0.4, -0.2) is 44.7 Å². The molecule has 2 rings (SSSR count). The molecular weight excluding hydrogens is 344 g/mol. The summed E-state index contributed by atoms with van der Waals surface area (Å²) in [5.41, 5.74) is 1.40. The molecule has 0 aromatic heterocycles. The first kappa shape index (κ1) is 22.1. The fraction of sp³-hybridized carbons (Fsp3) is 0.773. The molecule has 0 radical (unpaired) electrons. The molecule has 6 atom stereocenters. The summed E-state index contributed by atoms with van der Waals surface area (Å²) in [7, 11) is 0. The first-order chi connectivity index (χ1) is 12.9. The van der Waals surface area contributed by atoms with Crippen LogP contribution < -0.4 is 0 Å². The third kappa shape index (κ3) is 7.40. The van der Waals surface area contributed by atoms with Crippen molar-refractivity contribution in [3.05, 3.63) is 23.8 Å². The molecule has 154 valence electrons. The van der Waals surface area contributed by atoms with Gasteiger partial charge in [-0.05, 0) is 63.7 Å². The van der Waals surface area contributed by atoms with Crippen molar-refractivity contribution in [2.75, 3.05) is 0 Å².